The van der Waals surface area contributed by atoms with E-state index < -0.39 is 16.1 Å². The number of sulfonamides is 1. The van der Waals surface area contributed by atoms with E-state index in [1.807, 2.05) is 6.07 Å². The number of nitrogens with zero attached hydrogens (tertiary/aromatic N) is 2. The Hall–Kier alpha value is -1.89. The fourth-order valence-corrected chi connectivity index (χ4v) is 4.65. The molecule has 1 atom stereocenters. The highest BCUT2D eigenvalue weighted by Crippen LogP contribution is 2.23. The van der Waals surface area contributed by atoms with E-state index in [0.29, 0.717) is 12.2 Å². The Labute approximate surface area is 163 Å². The highest BCUT2D eigenvalue weighted by atomic mass is 32.2. The lowest BCUT2D eigenvalue weighted by Crippen LogP contribution is -2.43. The number of aliphatic hydroxyl groups is 1. The van der Waals surface area contributed by atoms with Crippen molar-refractivity contribution in [3.63, 3.8) is 0 Å². The number of hydrogen-bond acceptors (Lipinski definition) is 4. The lowest BCUT2D eigenvalue weighted by molar-refractivity contribution is 0.119. The fraction of sp³-hybridized carbons (Fsp3) is 0.429. The molecule has 0 heterocycles. The van der Waals surface area contributed by atoms with Crippen LogP contribution in [0, 0.1) is 0 Å². The van der Waals surface area contributed by atoms with Gasteiger partial charge >= 0.3 is 0 Å². The summed E-state index contributed by atoms with van der Waals surface area (Å²) >= 11 is 0. The summed E-state index contributed by atoms with van der Waals surface area (Å²) in [5.74, 6) is 0. The lowest BCUT2D eigenvalue weighted by Gasteiger charge is -2.30. The molecule has 0 fully saturated rings. The Morgan fingerprint density at radius 1 is 0.852 bits per heavy atom. The van der Waals surface area contributed by atoms with Crippen molar-refractivity contribution in [1.29, 1.82) is 0 Å². The quantitative estimate of drug-likeness (QED) is 0.639. The van der Waals surface area contributed by atoms with Gasteiger partial charge in [-0.15, -0.1) is 0 Å². The smallest absolute Gasteiger partial charge is 0.264 e. The van der Waals surface area contributed by atoms with E-state index in [9.17, 15) is 13.5 Å². The first-order valence-electron chi connectivity index (χ1n) is 9.52. The van der Waals surface area contributed by atoms with E-state index in [1.165, 1.54) is 4.31 Å². The Bertz CT molecular complexity index is 761. The van der Waals surface area contributed by atoms with Crippen LogP contribution in [-0.4, -0.2) is 50.7 Å². The average Bonchev–Trinajstić information content (AvgIpc) is 2.68. The van der Waals surface area contributed by atoms with Gasteiger partial charge < -0.3 is 10.0 Å². The van der Waals surface area contributed by atoms with Gasteiger partial charge in [0.2, 0.25) is 0 Å². The number of aliphatic hydroxyl groups excluding tert-OH is 1. The zero-order chi connectivity index (χ0) is 19.7. The molecule has 0 aliphatic rings. The Morgan fingerprint density at radius 2 is 1.37 bits per heavy atom. The lowest BCUT2D eigenvalue weighted by atomic mass is 10.2. The van der Waals surface area contributed by atoms with E-state index in [1.54, 1.807) is 54.6 Å². The number of benzene rings is 2. The zero-order valence-electron chi connectivity index (χ0n) is 16.2. The van der Waals surface area contributed by atoms with Gasteiger partial charge in [-0.05, 0) is 50.2 Å². The van der Waals surface area contributed by atoms with E-state index in [-0.39, 0.29) is 11.4 Å². The minimum Gasteiger partial charge on any atom is -0.390 e. The van der Waals surface area contributed by atoms with E-state index in [4.69, 9.17) is 0 Å². The summed E-state index contributed by atoms with van der Waals surface area (Å²) < 4.78 is 27.7. The molecule has 2 aromatic rings. The maximum Gasteiger partial charge on any atom is 0.264 e. The summed E-state index contributed by atoms with van der Waals surface area (Å²) in [6.45, 7) is 6.46. The third kappa shape index (κ3) is 6.06. The van der Waals surface area contributed by atoms with Crippen LogP contribution in [0.1, 0.15) is 26.7 Å². The van der Waals surface area contributed by atoms with Gasteiger partial charge in [-0.3, -0.25) is 4.31 Å². The van der Waals surface area contributed by atoms with Crippen molar-refractivity contribution < 1.29 is 13.5 Å². The van der Waals surface area contributed by atoms with E-state index >= 15 is 0 Å². The van der Waals surface area contributed by atoms with Gasteiger partial charge in [-0.2, -0.15) is 0 Å². The minimum absolute atomic E-state index is 0.0190. The maximum atomic E-state index is 13.2. The van der Waals surface area contributed by atoms with Crippen molar-refractivity contribution in [3.05, 3.63) is 60.7 Å². The van der Waals surface area contributed by atoms with Gasteiger partial charge in [-0.25, -0.2) is 8.42 Å². The molecular weight excluding hydrogens is 360 g/mol. The number of rotatable bonds is 11. The summed E-state index contributed by atoms with van der Waals surface area (Å²) in [7, 11) is -3.75. The fourth-order valence-electron chi connectivity index (χ4n) is 3.13. The van der Waals surface area contributed by atoms with Crippen molar-refractivity contribution in [3.8, 4) is 0 Å². The third-order valence-electron chi connectivity index (χ3n) is 4.30. The molecule has 0 saturated carbocycles. The number of hydrogen-bond donors (Lipinski definition) is 1. The molecule has 0 radical (unpaired) electrons. The predicted octanol–water partition coefficient (Wildman–Crippen LogP) is 3.36. The molecule has 0 spiro atoms. The molecule has 148 valence electrons. The summed E-state index contributed by atoms with van der Waals surface area (Å²) in [5, 5.41) is 10.7. The summed E-state index contributed by atoms with van der Waals surface area (Å²) in [6.07, 6.45) is 1.22. The molecule has 6 heteroatoms. The van der Waals surface area contributed by atoms with Crippen molar-refractivity contribution in [1.82, 2.24) is 4.90 Å². The van der Waals surface area contributed by atoms with Crippen LogP contribution in [0.15, 0.2) is 65.6 Å². The second kappa shape index (κ2) is 10.4. The van der Waals surface area contributed by atoms with Crippen LogP contribution in [0.5, 0.6) is 0 Å². The first-order chi connectivity index (χ1) is 13.0. The van der Waals surface area contributed by atoms with Crippen LogP contribution in [0.2, 0.25) is 0 Å². The van der Waals surface area contributed by atoms with Crippen molar-refractivity contribution >= 4 is 15.7 Å². The van der Waals surface area contributed by atoms with E-state index in [2.05, 4.69) is 18.7 Å². The van der Waals surface area contributed by atoms with Gasteiger partial charge in [-0.1, -0.05) is 50.2 Å². The molecule has 1 N–H and O–H groups in total. The highest BCUT2D eigenvalue weighted by Gasteiger charge is 2.27. The number of para-hydroxylation sites is 1. The van der Waals surface area contributed by atoms with E-state index in [0.717, 1.165) is 25.9 Å². The first kappa shape index (κ1) is 21.4. The van der Waals surface area contributed by atoms with Gasteiger partial charge in [0.25, 0.3) is 10.0 Å². The van der Waals surface area contributed by atoms with Crippen LogP contribution < -0.4 is 4.31 Å². The average molecular weight is 391 g/mol. The third-order valence-corrected chi connectivity index (χ3v) is 6.11. The molecule has 0 aliphatic heterocycles. The zero-order valence-corrected chi connectivity index (χ0v) is 17.0. The minimum atomic E-state index is -3.75. The van der Waals surface area contributed by atoms with Crippen LogP contribution >= 0.6 is 0 Å². The van der Waals surface area contributed by atoms with Crippen LogP contribution in [0.3, 0.4) is 0 Å². The van der Waals surface area contributed by atoms with Crippen LogP contribution in [0.25, 0.3) is 0 Å². The Balaban J connectivity index is 2.26. The second-order valence-corrected chi connectivity index (χ2v) is 8.50. The molecule has 0 unspecified atom stereocenters. The van der Waals surface area contributed by atoms with Crippen molar-refractivity contribution in [2.24, 2.45) is 0 Å². The van der Waals surface area contributed by atoms with Gasteiger partial charge in [0, 0.05) is 6.54 Å². The number of anilines is 1. The molecule has 0 bridgehead atoms. The molecule has 0 aromatic heterocycles. The monoisotopic (exact) mass is 390 g/mol. The van der Waals surface area contributed by atoms with Crippen LogP contribution in [-0.2, 0) is 10.0 Å². The van der Waals surface area contributed by atoms with Crippen molar-refractivity contribution in [2.45, 2.75) is 37.7 Å². The summed E-state index contributed by atoms with van der Waals surface area (Å²) in [4.78, 5) is 2.41. The normalized spacial score (nSPS) is 12.9. The summed E-state index contributed by atoms with van der Waals surface area (Å²) in [6, 6.07) is 17.3. The predicted molar refractivity (Wildman–Crippen MR) is 110 cm³/mol. The van der Waals surface area contributed by atoms with Crippen LogP contribution in [0.4, 0.5) is 5.69 Å². The first-order valence-corrected chi connectivity index (χ1v) is 11.0. The van der Waals surface area contributed by atoms with Gasteiger partial charge in [0.05, 0.1) is 23.2 Å². The highest BCUT2D eigenvalue weighted by molar-refractivity contribution is 7.92. The van der Waals surface area contributed by atoms with Gasteiger partial charge in [0.15, 0.2) is 0 Å². The largest absolute Gasteiger partial charge is 0.390 e. The van der Waals surface area contributed by atoms with Gasteiger partial charge in [0.1, 0.15) is 0 Å². The molecule has 2 aromatic carbocycles. The molecule has 27 heavy (non-hydrogen) atoms. The molecule has 0 saturated heterocycles. The Kier molecular flexibility index (Phi) is 8.28. The molecule has 0 amide bonds. The SMILES string of the molecule is CCCN(CCC)C[C@H](O)CN(c1ccccc1)S(=O)(=O)c1ccccc1. The molecule has 5 nitrogen and oxygen atoms in total. The Morgan fingerprint density at radius 3 is 1.89 bits per heavy atom. The second-order valence-electron chi connectivity index (χ2n) is 6.64. The molecule has 2 rings (SSSR count). The van der Waals surface area contributed by atoms with Crippen molar-refractivity contribution in [2.75, 3.05) is 30.5 Å². The molecular formula is C21H30N2O3S. The topological polar surface area (TPSA) is 60.9 Å². The maximum absolute atomic E-state index is 13.2. The summed E-state index contributed by atoms with van der Waals surface area (Å²) in [5.41, 5.74) is 0.554. The molecule has 0 aliphatic carbocycles. The standard InChI is InChI=1S/C21H30N2O3S/c1-3-15-22(16-4-2)17-20(24)18-23(19-11-7-5-8-12-19)27(25,26)21-13-9-6-10-14-21/h5-14,20,24H,3-4,15-18H2,1-2H3/t20-/m0/s1.